The van der Waals surface area contributed by atoms with Crippen molar-refractivity contribution in [3.8, 4) is 11.5 Å². The van der Waals surface area contributed by atoms with E-state index in [9.17, 15) is 4.79 Å². The van der Waals surface area contributed by atoms with E-state index in [1.54, 1.807) is 18.2 Å². The predicted octanol–water partition coefficient (Wildman–Crippen LogP) is 2.30. The summed E-state index contributed by atoms with van der Waals surface area (Å²) in [4.78, 5) is 17.3. The number of nitrogens with one attached hydrogen (secondary N) is 1. The Morgan fingerprint density at radius 1 is 1.27 bits per heavy atom. The smallest absolute Gasteiger partial charge is 0.206 e. The Morgan fingerprint density at radius 3 is 2.82 bits per heavy atom. The maximum atomic E-state index is 12.6. The Bertz CT molecular complexity index is 740. The molecule has 7 heteroatoms. The van der Waals surface area contributed by atoms with E-state index in [-0.39, 0.29) is 11.6 Å². The molecular weight excluding hydrogens is 302 g/mol. The van der Waals surface area contributed by atoms with Crippen LogP contribution in [-0.4, -0.2) is 30.0 Å². The summed E-state index contributed by atoms with van der Waals surface area (Å²) in [5, 5.41) is 3.97. The zero-order valence-corrected chi connectivity index (χ0v) is 12.6. The fourth-order valence-corrected chi connectivity index (χ4v) is 3.20. The molecule has 0 radical (unpaired) electrons. The number of hydrogen-bond acceptors (Lipinski definition) is 7. The van der Waals surface area contributed by atoms with Gasteiger partial charge in [0, 0.05) is 11.6 Å². The van der Waals surface area contributed by atoms with E-state index in [2.05, 4.69) is 10.3 Å². The molecule has 1 aliphatic carbocycles. The Balaban J connectivity index is 1.61. The molecule has 1 fully saturated rings. The van der Waals surface area contributed by atoms with Gasteiger partial charge in [0.2, 0.25) is 5.78 Å². The SMILES string of the molecule is Nc1nc(NC2CC2)sc1C(=O)c1ccc2c(c1)OCCO2. The molecule has 0 spiro atoms. The molecule has 0 atom stereocenters. The minimum absolute atomic E-state index is 0.143. The highest BCUT2D eigenvalue weighted by Crippen LogP contribution is 2.34. The van der Waals surface area contributed by atoms with Gasteiger partial charge in [-0.2, -0.15) is 0 Å². The van der Waals surface area contributed by atoms with Crippen molar-refractivity contribution in [2.75, 3.05) is 24.3 Å². The van der Waals surface area contributed by atoms with Crippen LogP contribution in [0, 0.1) is 0 Å². The van der Waals surface area contributed by atoms with Crippen molar-refractivity contribution in [2.24, 2.45) is 0 Å². The minimum atomic E-state index is -0.143. The molecule has 0 unspecified atom stereocenters. The number of aromatic nitrogens is 1. The van der Waals surface area contributed by atoms with Crippen molar-refractivity contribution < 1.29 is 14.3 Å². The molecule has 1 aromatic carbocycles. The van der Waals surface area contributed by atoms with Gasteiger partial charge in [0.25, 0.3) is 0 Å². The average Bonchev–Trinajstić information content (AvgIpc) is 3.27. The van der Waals surface area contributed by atoms with Crippen LogP contribution in [0.15, 0.2) is 18.2 Å². The summed E-state index contributed by atoms with van der Waals surface area (Å²) >= 11 is 1.30. The van der Waals surface area contributed by atoms with Gasteiger partial charge in [-0.1, -0.05) is 11.3 Å². The minimum Gasteiger partial charge on any atom is -0.486 e. The van der Waals surface area contributed by atoms with E-state index in [0.717, 1.165) is 12.8 Å². The number of carbonyl (C=O) groups excluding carboxylic acids is 1. The quantitative estimate of drug-likeness (QED) is 0.842. The van der Waals surface area contributed by atoms with E-state index < -0.39 is 0 Å². The Morgan fingerprint density at radius 2 is 2.05 bits per heavy atom. The highest BCUT2D eigenvalue weighted by Gasteiger charge is 2.25. The normalized spacial score (nSPS) is 16.4. The molecule has 4 rings (SSSR count). The summed E-state index contributed by atoms with van der Waals surface area (Å²) in [5.41, 5.74) is 6.42. The summed E-state index contributed by atoms with van der Waals surface area (Å²) in [7, 11) is 0. The molecule has 22 heavy (non-hydrogen) atoms. The monoisotopic (exact) mass is 317 g/mol. The molecule has 1 aromatic heterocycles. The number of rotatable bonds is 4. The summed E-state index contributed by atoms with van der Waals surface area (Å²) in [6.07, 6.45) is 2.29. The second kappa shape index (κ2) is 5.17. The van der Waals surface area contributed by atoms with Crippen molar-refractivity contribution in [1.29, 1.82) is 0 Å². The maximum Gasteiger partial charge on any atom is 0.206 e. The molecule has 6 nitrogen and oxygen atoms in total. The molecule has 0 amide bonds. The van der Waals surface area contributed by atoms with Crippen LogP contribution in [0.2, 0.25) is 0 Å². The lowest BCUT2D eigenvalue weighted by molar-refractivity contribution is 0.104. The van der Waals surface area contributed by atoms with Gasteiger partial charge in [0.05, 0.1) is 0 Å². The van der Waals surface area contributed by atoms with Crippen molar-refractivity contribution in [1.82, 2.24) is 4.98 Å². The number of nitrogen functional groups attached to an aromatic ring is 1. The van der Waals surface area contributed by atoms with Crippen LogP contribution in [0.5, 0.6) is 11.5 Å². The Hall–Kier alpha value is -2.28. The first-order valence-electron chi connectivity index (χ1n) is 7.18. The first-order valence-corrected chi connectivity index (χ1v) is 7.99. The summed E-state index contributed by atoms with van der Waals surface area (Å²) in [5.74, 6) is 1.39. The highest BCUT2D eigenvalue weighted by molar-refractivity contribution is 7.18. The molecule has 2 aliphatic rings. The van der Waals surface area contributed by atoms with Crippen LogP contribution in [0.4, 0.5) is 10.9 Å². The predicted molar refractivity (Wildman–Crippen MR) is 84.0 cm³/mol. The topological polar surface area (TPSA) is 86.5 Å². The van der Waals surface area contributed by atoms with E-state index in [1.807, 2.05) is 0 Å². The lowest BCUT2D eigenvalue weighted by atomic mass is 10.1. The first-order chi connectivity index (χ1) is 10.7. The van der Waals surface area contributed by atoms with Gasteiger partial charge in [-0.3, -0.25) is 4.79 Å². The summed E-state index contributed by atoms with van der Waals surface area (Å²) < 4.78 is 11.0. The molecular formula is C15H15N3O3S. The molecule has 1 saturated carbocycles. The largest absolute Gasteiger partial charge is 0.486 e. The summed E-state index contributed by atoms with van der Waals surface area (Å²) in [6, 6.07) is 5.65. The standard InChI is InChI=1S/C15H15N3O3S/c16-14-13(22-15(18-14)17-9-2-3-9)12(19)8-1-4-10-11(7-8)21-6-5-20-10/h1,4,7,9H,2-3,5-6,16H2,(H,17,18). The fourth-order valence-electron chi connectivity index (χ4n) is 2.27. The van der Waals surface area contributed by atoms with Crippen molar-refractivity contribution >= 4 is 28.1 Å². The molecule has 2 heterocycles. The van der Waals surface area contributed by atoms with Crippen LogP contribution in [0.1, 0.15) is 28.1 Å². The third-order valence-corrected chi connectivity index (χ3v) is 4.57. The lowest BCUT2D eigenvalue weighted by Gasteiger charge is -2.18. The van der Waals surface area contributed by atoms with Gasteiger partial charge in [0.1, 0.15) is 23.9 Å². The summed E-state index contributed by atoms with van der Waals surface area (Å²) in [6.45, 7) is 1.01. The van der Waals surface area contributed by atoms with E-state index in [4.69, 9.17) is 15.2 Å². The molecule has 1 aliphatic heterocycles. The van der Waals surface area contributed by atoms with Crippen LogP contribution < -0.4 is 20.5 Å². The van der Waals surface area contributed by atoms with Gasteiger partial charge in [-0.05, 0) is 31.0 Å². The second-order valence-electron chi connectivity index (χ2n) is 5.34. The molecule has 3 N–H and O–H groups in total. The second-order valence-corrected chi connectivity index (χ2v) is 6.34. The lowest BCUT2D eigenvalue weighted by Crippen LogP contribution is -2.15. The van der Waals surface area contributed by atoms with Gasteiger partial charge < -0.3 is 20.5 Å². The fraction of sp³-hybridized carbons (Fsp3) is 0.333. The first kappa shape index (κ1) is 13.4. The van der Waals surface area contributed by atoms with Gasteiger partial charge in [-0.15, -0.1) is 0 Å². The number of carbonyl (C=O) groups is 1. The number of ketones is 1. The molecule has 0 saturated heterocycles. The molecule has 114 valence electrons. The number of thiazole rings is 1. The van der Waals surface area contributed by atoms with Crippen molar-refractivity contribution in [3.05, 3.63) is 28.6 Å². The van der Waals surface area contributed by atoms with Crippen molar-refractivity contribution in [2.45, 2.75) is 18.9 Å². The molecule has 2 aromatic rings. The van der Waals surface area contributed by atoms with E-state index in [0.29, 0.717) is 46.3 Å². The number of benzene rings is 1. The Labute approximate surface area is 131 Å². The van der Waals surface area contributed by atoms with Crippen LogP contribution in [0.3, 0.4) is 0 Å². The third-order valence-electron chi connectivity index (χ3n) is 3.57. The average molecular weight is 317 g/mol. The van der Waals surface area contributed by atoms with Crippen LogP contribution in [0.25, 0.3) is 0 Å². The number of ether oxygens (including phenoxy) is 2. The van der Waals surface area contributed by atoms with Crippen molar-refractivity contribution in [3.63, 3.8) is 0 Å². The number of nitrogens with zero attached hydrogens (tertiary/aromatic N) is 1. The maximum absolute atomic E-state index is 12.6. The van der Waals surface area contributed by atoms with E-state index >= 15 is 0 Å². The van der Waals surface area contributed by atoms with Crippen LogP contribution >= 0.6 is 11.3 Å². The number of fused-ring (bicyclic) bond motifs is 1. The van der Waals surface area contributed by atoms with Gasteiger partial charge in [-0.25, -0.2) is 4.98 Å². The van der Waals surface area contributed by atoms with Crippen LogP contribution in [-0.2, 0) is 0 Å². The highest BCUT2D eigenvalue weighted by atomic mass is 32.1. The van der Waals surface area contributed by atoms with E-state index in [1.165, 1.54) is 11.3 Å². The Kier molecular flexibility index (Phi) is 3.15. The number of nitrogens with two attached hydrogens (primary N) is 1. The third kappa shape index (κ3) is 2.48. The molecule has 0 bridgehead atoms. The number of hydrogen-bond donors (Lipinski definition) is 2. The zero-order chi connectivity index (χ0) is 15.1. The zero-order valence-electron chi connectivity index (χ0n) is 11.8. The van der Waals surface area contributed by atoms with Gasteiger partial charge in [0.15, 0.2) is 16.6 Å². The number of anilines is 2. The van der Waals surface area contributed by atoms with Gasteiger partial charge >= 0.3 is 0 Å².